The van der Waals surface area contributed by atoms with Gasteiger partial charge >= 0.3 is 0 Å². The van der Waals surface area contributed by atoms with Crippen molar-refractivity contribution in [3.63, 3.8) is 0 Å². The van der Waals surface area contributed by atoms with E-state index in [4.69, 9.17) is 27.5 Å². The van der Waals surface area contributed by atoms with E-state index in [-0.39, 0.29) is 12.1 Å². The maximum atomic E-state index is 11.4. The number of benzene rings is 1. The first kappa shape index (κ1) is 21.0. The average molecular weight is 390 g/mol. The molecule has 1 aromatic rings. The molecule has 4 N–H and O–H groups in total. The molecule has 0 spiro atoms. The molecule has 0 aromatic heterocycles. The van der Waals surface area contributed by atoms with Crippen molar-refractivity contribution in [3.8, 4) is 0 Å². The predicted molar refractivity (Wildman–Crippen MR) is 108 cm³/mol. The van der Waals surface area contributed by atoms with Crippen LogP contribution in [-0.2, 0) is 4.79 Å². The Labute approximate surface area is 163 Å². The number of halogens is 1. The molecule has 1 aromatic carbocycles. The zero-order chi connectivity index (χ0) is 19.6. The number of aliphatic imine (C=N–C) groups is 2. The summed E-state index contributed by atoms with van der Waals surface area (Å²) in [4.78, 5) is 20.5. The van der Waals surface area contributed by atoms with Crippen LogP contribution >= 0.6 is 11.6 Å². The summed E-state index contributed by atoms with van der Waals surface area (Å²) < 4.78 is 0. The van der Waals surface area contributed by atoms with E-state index in [1.165, 1.54) is 0 Å². The second kappa shape index (κ2) is 10.8. The van der Waals surface area contributed by atoms with Crippen LogP contribution in [0.1, 0.15) is 31.2 Å². The molecule has 0 bridgehead atoms. The molecule has 0 fully saturated rings. The number of unbranched alkanes of at least 4 members (excludes halogenated alkanes) is 2. The Morgan fingerprint density at radius 2 is 1.93 bits per heavy atom. The number of hydrogen-bond acceptors (Lipinski definition) is 5. The number of rotatable bonds is 9. The highest BCUT2D eigenvalue weighted by atomic mass is 35.5. The molecule has 0 heterocycles. The van der Waals surface area contributed by atoms with Crippen LogP contribution in [0.5, 0.6) is 0 Å². The summed E-state index contributed by atoms with van der Waals surface area (Å²) in [6.45, 7) is 0. The monoisotopic (exact) mass is 389 g/mol. The fourth-order valence-electron chi connectivity index (χ4n) is 2.57. The summed E-state index contributed by atoms with van der Waals surface area (Å²) in [5.74, 6) is -0.497. The second-order valence-electron chi connectivity index (χ2n) is 6.25. The Morgan fingerprint density at radius 3 is 2.59 bits per heavy atom. The van der Waals surface area contributed by atoms with E-state index in [0.717, 1.165) is 12.0 Å². The van der Waals surface area contributed by atoms with Gasteiger partial charge in [0.15, 0.2) is 6.29 Å². The van der Waals surface area contributed by atoms with Crippen LogP contribution in [0.25, 0.3) is 0 Å². The summed E-state index contributed by atoms with van der Waals surface area (Å²) in [6.07, 6.45) is 10.0. The molecule has 6 nitrogen and oxygen atoms in total. The SMILES string of the molecule is NC(=O)C1=CC(N=CCCCCC(O)O)C(N=Cc2ccc(Cl)cc2)C=C1. The second-order valence-corrected chi connectivity index (χ2v) is 6.69. The molecule has 144 valence electrons. The lowest BCUT2D eigenvalue weighted by atomic mass is 9.98. The van der Waals surface area contributed by atoms with Gasteiger partial charge in [0.05, 0.1) is 12.1 Å². The predicted octanol–water partition coefficient (Wildman–Crippen LogP) is 2.42. The van der Waals surface area contributed by atoms with Crippen LogP contribution in [0, 0.1) is 0 Å². The molecule has 1 aliphatic rings. The van der Waals surface area contributed by atoms with Crippen LogP contribution < -0.4 is 5.73 Å². The molecule has 1 amide bonds. The molecule has 2 rings (SSSR count). The molecule has 0 saturated heterocycles. The average Bonchev–Trinajstić information content (AvgIpc) is 2.64. The first-order valence-electron chi connectivity index (χ1n) is 8.82. The van der Waals surface area contributed by atoms with Crippen molar-refractivity contribution in [1.29, 1.82) is 0 Å². The molecule has 2 unspecified atom stereocenters. The normalized spacial score (nSPS) is 19.9. The van der Waals surface area contributed by atoms with E-state index in [2.05, 4.69) is 9.98 Å². The Balaban J connectivity index is 2.02. The van der Waals surface area contributed by atoms with Gasteiger partial charge in [-0.25, -0.2) is 0 Å². The van der Waals surface area contributed by atoms with Crippen LogP contribution in [0.2, 0.25) is 5.02 Å². The maximum Gasteiger partial charge on any atom is 0.248 e. The van der Waals surface area contributed by atoms with Crippen molar-refractivity contribution in [2.24, 2.45) is 15.7 Å². The highest BCUT2D eigenvalue weighted by Gasteiger charge is 2.20. The van der Waals surface area contributed by atoms with Gasteiger partial charge in [0.2, 0.25) is 5.91 Å². The Morgan fingerprint density at radius 1 is 1.19 bits per heavy atom. The zero-order valence-electron chi connectivity index (χ0n) is 14.9. The number of carbonyl (C=O) groups excluding carboxylic acids is 1. The van der Waals surface area contributed by atoms with E-state index >= 15 is 0 Å². The van der Waals surface area contributed by atoms with E-state index in [0.29, 0.717) is 29.9 Å². The smallest absolute Gasteiger partial charge is 0.248 e. The van der Waals surface area contributed by atoms with E-state index in [1.807, 2.05) is 18.2 Å². The number of aliphatic hydroxyl groups excluding tert-OH is 1. The van der Waals surface area contributed by atoms with Gasteiger partial charge in [0.1, 0.15) is 0 Å². The molecular weight excluding hydrogens is 366 g/mol. The molecule has 0 aliphatic heterocycles. The highest BCUT2D eigenvalue weighted by Crippen LogP contribution is 2.18. The van der Waals surface area contributed by atoms with Gasteiger partial charge in [-0.3, -0.25) is 14.8 Å². The quantitative estimate of drug-likeness (QED) is 0.343. The number of hydrogen-bond donors (Lipinski definition) is 3. The van der Waals surface area contributed by atoms with E-state index in [1.54, 1.807) is 36.7 Å². The lowest BCUT2D eigenvalue weighted by Gasteiger charge is -2.19. The third-order valence-corrected chi connectivity index (χ3v) is 4.30. The number of carbonyl (C=O) groups is 1. The zero-order valence-corrected chi connectivity index (χ0v) is 15.7. The molecule has 0 saturated carbocycles. The van der Waals surface area contributed by atoms with Crippen LogP contribution in [0.4, 0.5) is 0 Å². The minimum Gasteiger partial charge on any atom is -0.368 e. The minimum absolute atomic E-state index is 0.237. The van der Waals surface area contributed by atoms with Crippen LogP contribution in [0.3, 0.4) is 0 Å². The summed E-state index contributed by atoms with van der Waals surface area (Å²) in [5.41, 5.74) is 6.70. The van der Waals surface area contributed by atoms with Crippen molar-refractivity contribution >= 4 is 29.9 Å². The third-order valence-electron chi connectivity index (χ3n) is 4.05. The maximum absolute atomic E-state index is 11.4. The number of primary amides is 1. The number of aliphatic hydroxyl groups is 2. The highest BCUT2D eigenvalue weighted by molar-refractivity contribution is 6.30. The first-order valence-corrected chi connectivity index (χ1v) is 9.20. The van der Waals surface area contributed by atoms with Gasteiger partial charge in [-0.2, -0.15) is 0 Å². The molecule has 7 heteroatoms. The standard InChI is InChI=1S/C20H24ClN3O3/c21-16-8-5-14(6-9-16)13-24-17-10-7-15(20(22)27)12-18(17)23-11-3-1-2-4-19(25)26/h5-13,17-19,25-26H,1-4H2,(H2,22,27). The number of nitrogens with zero attached hydrogens (tertiary/aromatic N) is 2. The number of amides is 1. The molecule has 27 heavy (non-hydrogen) atoms. The minimum atomic E-state index is -1.27. The summed E-state index contributed by atoms with van der Waals surface area (Å²) >= 11 is 5.89. The Kier molecular flexibility index (Phi) is 8.39. The Bertz CT molecular complexity index is 739. The van der Waals surface area contributed by atoms with Crippen LogP contribution in [0.15, 0.2) is 58.1 Å². The number of nitrogens with two attached hydrogens (primary N) is 1. The van der Waals surface area contributed by atoms with Gasteiger partial charge in [0, 0.05) is 16.8 Å². The van der Waals surface area contributed by atoms with E-state index in [9.17, 15) is 4.79 Å². The first-order chi connectivity index (χ1) is 13.0. The lowest BCUT2D eigenvalue weighted by molar-refractivity contribution is -0.114. The van der Waals surface area contributed by atoms with Gasteiger partial charge in [0.25, 0.3) is 0 Å². The Hall–Kier alpha value is -2.28. The van der Waals surface area contributed by atoms with Crippen molar-refractivity contribution in [3.05, 3.63) is 58.7 Å². The largest absolute Gasteiger partial charge is 0.368 e. The lowest BCUT2D eigenvalue weighted by Crippen LogP contribution is -2.25. The van der Waals surface area contributed by atoms with E-state index < -0.39 is 12.2 Å². The van der Waals surface area contributed by atoms with Crippen molar-refractivity contribution in [2.75, 3.05) is 0 Å². The molecule has 2 atom stereocenters. The van der Waals surface area contributed by atoms with Crippen molar-refractivity contribution in [1.82, 2.24) is 0 Å². The molecule has 0 radical (unpaired) electrons. The summed E-state index contributed by atoms with van der Waals surface area (Å²) in [6, 6.07) is 6.78. The van der Waals surface area contributed by atoms with Crippen molar-refractivity contribution in [2.45, 2.75) is 44.1 Å². The summed E-state index contributed by atoms with van der Waals surface area (Å²) in [7, 11) is 0. The molecular formula is C20H24ClN3O3. The third kappa shape index (κ3) is 7.46. The topological polar surface area (TPSA) is 108 Å². The fraction of sp³-hybridized carbons (Fsp3) is 0.350. The van der Waals surface area contributed by atoms with Gasteiger partial charge < -0.3 is 15.9 Å². The van der Waals surface area contributed by atoms with Gasteiger partial charge in [-0.05, 0) is 55.7 Å². The summed E-state index contributed by atoms with van der Waals surface area (Å²) in [5, 5.41) is 18.3. The van der Waals surface area contributed by atoms with Crippen LogP contribution in [-0.4, -0.2) is 46.9 Å². The van der Waals surface area contributed by atoms with Gasteiger partial charge in [-0.15, -0.1) is 0 Å². The van der Waals surface area contributed by atoms with Gasteiger partial charge in [-0.1, -0.05) is 35.9 Å². The van der Waals surface area contributed by atoms with Crippen molar-refractivity contribution < 1.29 is 15.0 Å². The molecule has 1 aliphatic carbocycles. The fourth-order valence-corrected chi connectivity index (χ4v) is 2.69.